The zero-order valence-corrected chi connectivity index (χ0v) is 54.8. The fourth-order valence-electron chi connectivity index (χ4n) is 10.8. The van der Waals surface area contributed by atoms with Gasteiger partial charge < -0.3 is 14.6 Å². The van der Waals surface area contributed by atoms with Gasteiger partial charge in [0.1, 0.15) is 6.61 Å². The summed E-state index contributed by atoms with van der Waals surface area (Å²) in [5.74, 6) is -0.574. The molecule has 1 unspecified atom stereocenters. The van der Waals surface area contributed by atoms with Gasteiger partial charge in [0, 0.05) is 12.8 Å². The Bertz CT molecular complexity index is 1480. The van der Waals surface area contributed by atoms with Crippen LogP contribution in [0, 0.1) is 0 Å². The van der Waals surface area contributed by atoms with Gasteiger partial charge in [-0.3, -0.25) is 9.59 Å². The number of aliphatic hydroxyl groups excluding tert-OH is 1. The third-order valence-electron chi connectivity index (χ3n) is 16.2. The lowest BCUT2D eigenvalue weighted by molar-refractivity contribution is -0.161. The summed E-state index contributed by atoms with van der Waals surface area (Å²) in [7, 11) is 0. The van der Waals surface area contributed by atoms with Gasteiger partial charge in [-0.1, -0.05) is 356 Å². The lowest BCUT2D eigenvalue weighted by Gasteiger charge is -2.15. The van der Waals surface area contributed by atoms with Gasteiger partial charge in [-0.25, -0.2) is 0 Å². The quantitative estimate of drug-likeness (QED) is 0.0373. The van der Waals surface area contributed by atoms with Crippen molar-refractivity contribution in [1.82, 2.24) is 0 Å². The Morgan fingerprint density at radius 1 is 0.293 bits per heavy atom. The van der Waals surface area contributed by atoms with Crippen LogP contribution < -0.4 is 0 Å². The molecular weight excluding hydrogens is 1000 g/mol. The van der Waals surface area contributed by atoms with E-state index in [4.69, 9.17) is 9.47 Å². The lowest BCUT2D eigenvalue weighted by Crippen LogP contribution is -2.28. The van der Waals surface area contributed by atoms with E-state index in [1.54, 1.807) is 0 Å². The highest BCUT2D eigenvalue weighted by atomic mass is 16.6. The highest BCUT2D eigenvalue weighted by Gasteiger charge is 2.16. The van der Waals surface area contributed by atoms with Crippen LogP contribution in [0.25, 0.3) is 0 Å². The second-order valence-electron chi connectivity index (χ2n) is 24.3. The van der Waals surface area contributed by atoms with Crippen molar-refractivity contribution in [2.45, 2.75) is 380 Å². The fraction of sp³-hybridized carbons (Fsp3) is 0.792. The van der Waals surface area contributed by atoms with Crippen molar-refractivity contribution in [3.05, 3.63) is 85.1 Å². The average molecular weight is 1140 g/mol. The van der Waals surface area contributed by atoms with Gasteiger partial charge in [0.25, 0.3) is 0 Å². The molecule has 0 aromatic carbocycles. The van der Waals surface area contributed by atoms with Crippen LogP contribution in [-0.2, 0) is 19.1 Å². The zero-order valence-electron chi connectivity index (χ0n) is 54.8. The second-order valence-corrected chi connectivity index (χ2v) is 24.3. The number of carbonyl (C=O) groups is 2. The van der Waals surface area contributed by atoms with Crippen molar-refractivity contribution >= 4 is 11.9 Å². The van der Waals surface area contributed by atoms with Crippen LogP contribution in [0.5, 0.6) is 0 Å². The van der Waals surface area contributed by atoms with E-state index in [-0.39, 0.29) is 25.2 Å². The first kappa shape index (κ1) is 79.1. The van der Waals surface area contributed by atoms with Crippen LogP contribution in [0.1, 0.15) is 373 Å². The van der Waals surface area contributed by atoms with E-state index in [9.17, 15) is 14.7 Å². The van der Waals surface area contributed by atoms with E-state index < -0.39 is 6.10 Å². The van der Waals surface area contributed by atoms with Gasteiger partial charge in [-0.15, -0.1) is 0 Å². The van der Waals surface area contributed by atoms with Crippen molar-refractivity contribution in [2.75, 3.05) is 13.2 Å². The zero-order chi connectivity index (χ0) is 59.1. The molecule has 0 rings (SSSR count). The van der Waals surface area contributed by atoms with Gasteiger partial charge in [0.15, 0.2) is 6.10 Å². The van der Waals surface area contributed by atoms with Crippen molar-refractivity contribution in [3.63, 3.8) is 0 Å². The third kappa shape index (κ3) is 69.6. The summed E-state index contributed by atoms with van der Waals surface area (Å²) in [6, 6.07) is 0. The molecule has 1 atom stereocenters. The van der Waals surface area contributed by atoms with Crippen LogP contribution in [0.4, 0.5) is 0 Å². The summed E-state index contributed by atoms with van der Waals surface area (Å²) >= 11 is 0. The fourth-order valence-corrected chi connectivity index (χ4v) is 10.8. The number of hydrogen-bond donors (Lipinski definition) is 1. The molecule has 0 aromatic heterocycles. The molecule has 0 aliphatic heterocycles. The summed E-state index contributed by atoms with van der Waals surface area (Å²) in [5.41, 5.74) is 0. The number of ether oxygens (including phenoxy) is 2. The number of allylic oxidation sites excluding steroid dienone is 14. The summed E-state index contributed by atoms with van der Waals surface area (Å²) < 4.78 is 10.8. The standard InChI is InChI=1S/C77H138O5/c1-3-5-7-9-11-13-15-17-19-21-23-25-27-29-31-33-35-36-37-38-39-40-42-43-45-47-49-51-53-55-57-59-61-63-65-67-69-71-76(79)81-74-75(73-78)82-77(80)72-70-68-66-64-62-60-58-56-54-52-50-48-46-44-41-34-32-30-28-26-24-22-20-18-16-14-12-10-8-6-4-2/h6,8,12,14-15,17-18,20-21,23-24,26,30,32,75,78H,3-5,7,9-11,13,16,19,22,25,27-29,31,33-74H2,1-2H3/b8-6-,14-12-,17-15-,20-18-,23-21-,26-24-,32-30-. The van der Waals surface area contributed by atoms with Crippen LogP contribution >= 0.6 is 0 Å². The maximum Gasteiger partial charge on any atom is 0.306 e. The molecule has 0 aliphatic carbocycles. The van der Waals surface area contributed by atoms with Gasteiger partial charge in [-0.05, 0) is 89.9 Å². The molecule has 0 aliphatic rings. The Morgan fingerprint density at radius 2 is 0.524 bits per heavy atom. The number of hydrogen-bond acceptors (Lipinski definition) is 5. The van der Waals surface area contributed by atoms with Gasteiger partial charge in [0.05, 0.1) is 6.61 Å². The number of carbonyl (C=O) groups excluding carboxylic acids is 2. The minimum atomic E-state index is -0.775. The Labute approximate surface area is 511 Å². The summed E-state index contributed by atoms with van der Waals surface area (Å²) in [5, 5.41) is 9.71. The highest BCUT2D eigenvalue weighted by Crippen LogP contribution is 2.19. The molecule has 1 N–H and O–H groups in total. The Hall–Kier alpha value is -2.92. The molecule has 0 bridgehead atoms. The molecule has 0 aromatic rings. The van der Waals surface area contributed by atoms with Crippen LogP contribution in [0.15, 0.2) is 85.1 Å². The highest BCUT2D eigenvalue weighted by molar-refractivity contribution is 5.70. The van der Waals surface area contributed by atoms with Gasteiger partial charge >= 0.3 is 11.9 Å². The van der Waals surface area contributed by atoms with E-state index >= 15 is 0 Å². The van der Waals surface area contributed by atoms with E-state index in [1.165, 1.54) is 270 Å². The van der Waals surface area contributed by atoms with Crippen LogP contribution in [0.3, 0.4) is 0 Å². The predicted octanol–water partition coefficient (Wildman–Crippen LogP) is 25.2. The van der Waals surface area contributed by atoms with Crippen molar-refractivity contribution in [3.8, 4) is 0 Å². The monoisotopic (exact) mass is 1140 g/mol. The Morgan fingerprint density at radius 3 is 0.793 bits per heavy atom. The van der Waals surface area contributed by atoms with E-state index in [0.717, 1.165) is 77.0 Å². The van der Waals surface area contributed by atoms with E-state index in [1.807, 2.05) is 0 Å². The number of esters is 2. The summed E-state index contributed by atoms with van der Waals surface area (Å²) in [6.45, 7) is 4.06. The normalized spacial score (nSPS) is 12.7. The smallest absolute Gasteiger partial charge is 0.306 e. The Kier molecular flexibility index (Phi) is 69.8. The summed E-state index contributed by atoms with van der Waals surface area (Å²) in [4.78, 5) is 24.7. The molecule has 0 amide bonds. The van der Waals surface area contributed by atoms with E-state index in [0.29, 0.717) is 12.8 Å². The maximum atomic E-state index is 12.4. The van der Waals surface area contributed by atoms with Gasteiger partial charge in [0.2, 0.25) is 0 Å². The number of aliphatic hydroxyl groups is 1. The largest absolute Gasteiger partial charge is 0.462 e. The first-order valence-corrected chi connectivity index (χ1v) is 36.1. The first-order chi connectivity index (χ1) is 40.6. The molecule has 0 fully saturated rings. The molecule has 0 spiro atoms. The molecule has 0 saturated heterocycles. The molecule has 0 radical (unpaired) electrons. The number of rotatable bonds is 67. The maximum absolute atomic E-state index is 12.4. The minimum Gasteiger partial charge on any atom is -0.462 e. The van der Waals surface area contributed by atoms with Crippen molar-refractivity contribution in [1.29, 1.82) is 0 Å². The Balaban J connectivity index is 3.41. The van der Waals surface area contributed by atoms with Gasteiger partial charge in [-0.2, -0.15) is 0 Å². The number of unbranched alkanes of at least 4 members (excludes halogenated alkanes) is 45. The van der Waals surface area contributed by atoms with Crippen molar-refractivity contribution in [2.24, 2.45) is 0 Å². The van der Waals surface area contributed by atoms with Crippen LogP contribution in [-0.4, -0.2) is 36.4 Å². The molecule has 5 heteroatoms. The lowest BCUT2D eigenvalue weighted by atomic mass is 10.0. The van der Waals surface area contributed by atoms with Crippen molar-refractivity contribution < 1.29 is 24.2 Å². The predicted molar refractivity (Wildman–Crippen MR) is 362 cm³/mol. The third-order valence-corrected chi connectivity index (χ3v) is 16.2. The first-order valence-electron chi connectivity index (χ1n) is 36.1. The average Bonchev–Trinajstić information content (AvgIpc) is 3.49. The molecular formula is C77H138O5. The SMILES string of the molecule is CC/C=C\C/C=C\C/C=C\C/C=C\C/C=C\CCCCCCCCCCCCCCCCCC(=O)OC(CO)COC(=O)CCCCCCCCCCCCCCCCCCCCCCCCCCC/C=C\C/C=C\CCCCCCC. The summed E-state index contributed by atoms with van der Waals surface area (Å²) in [6.07, 6.45) is 102. The molecule has 5 nitrogen and oxygen atoms in total. The molecule has 476 valence electrons. The second kappa shape index (κ2) is 72.3. The minimum absolute atomic E-state index is 0.0636. The molecule has 0 heterocycles. The molecule has 82 heavy (non-hydrogen) atoms. The van der Waals surface area contributed by atoms with Crippen LogP contribution in [0.2, 0.25) is 0 Å². The molecule has 0 saturated carbocycles. The van der Waals surface area contributed by atoms with E-state index in [2.05, 4.69) is 98.9 Å². The topological polar surface area (TPSA) is 72.8 Å².